The SMILES string of the molecule is Nc1cc(CBr)nc(I)c1C(F)F. The number of hydrogen-bond acceptors (Lipinski definition) is 2. The molecule has 0 aliphatic carbocycles. The first-order valence-corrected chi connectivity index (χ1v) is 5.55. The summed E-state index contributed by atoms with van der Waals surface area (Å²) in [6, 6.07) is 1.46. The quantitative estimate of drug-likeness (QED) is 0.499. The van der Waals surface area contributed by atoms with E-state index >= 15 is 0 Å². The molecule has 1 aromatic heterocycles. The molecule has 0 bridgehead atoms. The molecule has 0 saturated heterocycles. The van der Waals surface area contributed by atoms with Gasteiger partial charge in [-0.2, -0.15) is 0 Å². The first kappa shape index (κ1) is 11.1. The van der Waals surface area contributed by atoms with Crippen LogP contribution in [0, 0.1) is 3.70 Å². The molecule has 2 nitrogen and oxygen atoms in total. The largest absolute Gasteiger partial charge is 0.398 e. The number of nitrogens with zero attached hydrogens (tertiary/aromatic N) is 1. The minimum Gasteiger partial charge on any atom is -0.398 e. The van der Waals surface area contributed by atoms with E-state index < -0.39 is 6.43 Å². The Labute approximate surface area is 96.2 Å². The van der Waals surface area contributed by atoms with E-state index in [0.717, 1.165) is 0 Å². The summed E-state index contributed by atoms with van der Waals surface area (Å²) >= 11 is 4.94. The first-order valence-electron chi connectivity index (χ1n) is 3.35. The average Bonchev–Trinajstić information content (AvgIpc) is 2.02. The third kappa shape index (κ3) is 2.49. The van der Waals surface area contributed by atoms with Gasteiger partial charge in [-0.15, -0.1) is 0 Å². The summed E-state index contributed by atoms with van der Waals surface area (Å²) in [6.07, 6.45) is -2.57. The Morgan fingerprint density at radius 1 is 1.62 bits per heavy atom. The van der Waals surface area contributed by atoms with Crippen molar-refractivity contribution in [2.75, 3.05) is 5.73 Å². The van der Waals surface area contributed by atoms with Crippen LogP contribution in [0.3, 0.4) is 0 Å². The molecule has 0 fully saturated rings. The molecule has 0 aliphatic rings. The Morgan fingerprint density at radius 2 is 2.23 bits per heavy atom. The zero-order valence-corrected chi connectivity index (χ0v) is 10.1. The van der Waals surface area contributed by atoms with Crippen molar-refractivity contribution in [1.82, 2.24) is 4.98 Å². The van der Waals surface area contributed by atoms with Gasteiger partial charge in [-0.1, -0.05) is 15.9 Å². The van der Waals surface area contributed by atoms with Gasteiger partial charge in [-0.05, 0) is 28.7 Å². The number of hydrogen-bond donors (Lipinski definition) is 1. The molecular weight excluding hydrogens is 357 g/mol. The summed E-state index contributed by atoms with van der Waals surface area (Å²) < 4.78 is 25.0. The fourth-order valence-corrected chi connectivity index (χ4v) is 2.02. The molecule has 0 saturated carbocycles. The second kappa shape index (κ2) is 4.50. The number of alkyl halides is 3. The number of anilines is 1. The molecule has 0 unspecified atom stereocenters. The molecule has 0 radical (unpaired) electrons. The van der Waals surface area contributed by atoms with Gasteiger partial charge in [-0.3, -0.25) is 0 Å². The molecule has 0 aliphatic heterocycles. The predicted octanol–water partition coefficient (Wildman–Crippen LogP) is 3.10. The third-order valence-electron chi connectivity index (χ3n) is 1.45. The van der Waals surface area contributed by atoms with Crippen molar-refractivity contribution in [3.8, 4) is 0 Å². The Hall–Kier alpha value is 0.0200. The average molecular weight is 363 g/mol. The maximum Gasteiger partial charge on any atom is 0.268 e. The van der Waals surface area contributed by atoms with Crippen molar-refractivity contribution >= 4 is 44.2 Å². The lowest BCUT2D eigenvalue weighted by Gasteiger charge is -2.07. The molecule has 1 aromatic rings. The minimum atomic E-state index is -2.57. The van der Waals surface area contributed by atoms with E-state index in [1.165, 1.54) is 6.07 Å². The van der Waals surface area contributed by atoms with Gasteiger partial charge in [-0.25, -0.2) is 13.8 Å². The summed E-state index contributed by atoms with van der Waals surface area (Å²) in [5.41, 5.74) is 6.04. The van der Waals surface area contributed by atoms with Crippen molar-refractivity contribution in [1.29, 1.82) is 0 Å². The molecule has 0 spiro atoms. The molecule has 72 valence electrons. The molecule has 1 rings (SSSR count). The third-order valence-corrected chi connectivity index (χ3v) is 2.85. The van der Waals surface area contributed by atoms with Crippen LogP contribution < -0.4 is 5.73 Å². The van der Waals surface area contributed by atoms with E-state index in [4.69, 9.17) is 5.73 Å². The zero-order valence-electron chi connectivity index (χ0n) is 6.40. The fraction of sp³-hybridized carbons (Fsp3) is 0.286. The van der Waals surface area contributed by atoms with E-state index in [0.29, 0.717) is 11.0 Å². The van der Waals surface area contributed by atoms with Gasteiger partial charge >= 0.3 is 0 Å². The van der Waals surface area contributed by atoms with Crippen LogP contribution in [0.4, 0.5) is 14.5 Å². The van der Waals surface area contributed by atoms with Gasteiger partial charge in [0.2, 0.25) is 0 Å². The van der Waals surface area contributed by atoms with E-state index in [1.807, 2.05) is 0 Å². The van der Waals surface area contributed by atoms with Crippen LogP contribution in [0.2, 0.25) is 0 Å². The number of pyridine rings is 1. The number of halogens is 4. The number of nitrogens with two attached hydrogens (primary N) is 1. The van der Waals surface area contributed by atoms with Crippen LogP contribution in [-0.4, -0.2) is 4.98 Å². The van der Waals surface area contributed by atoms with Crippen LogP contribution in [0.5, 0.6) is 0 Å². The summed E-state index contributed by atoms with van der Waals surface area (Å²) in [6.45, 7) is 0. The van der Waals surface area contributed by atoms with E-state index in [2.05, 4.69) is 20.9 Å². The zero-order chi connectivity index (χ0) is 10.0. The van der Waals surface area contributed by atoms with E-state index in [1.54, 1.807) is 22.6 Å². The molecule has 0 amide bonds. The van der Waals surface area contributed by atoms with Crippen molar-refractivity contribution < 1.29 is 8.78 Å². The van der Waals surface area contributed by atoms with Gasteiger partial charge in [0.25, 0.3) is 6.43 Å². The van der Waals surface area contributed by atoms with E-state index in [-0.39, 0.29) is 15.0 Å². The molecule has 13 heavy (non-hydrogen) atoms. The predicted molar refractivity (Wildman–Crippen MR) is 59.0 cm³/mol. The van der Waals surface area contributed by atoms with Crippen LogP contribution >= 0.6 is 38.5 Å². The summed E-state index contributed by atoms with van der Waals surface area (Å²) in [4.78, 5) is 3.95. The minimum absolute atomic E-state index is 0.101. The lowest BCUT2D eigenvalue weighted by Crippen LogP contribution is -2.02. The Bertz CT molecular complexity index is 296. The first-order chi connectivity index (χ1) is 6.06. The summed E-state index contributed by atoms with van der Waals surface area (Å²) in [7, 11) is 0. The molecule has 6 heteroatoms. The second-order valence-corrected chi connectivity index (χ2v) is 3.92. The Balaban J connectivity index is 3.23. The fourth-order valence-electron chi connectivity index (χ4n) is 0.879. The highest BCUT2D eigenvalue weighted by molar-refractivity contribution is 14.1. The molecule has 1 heterocycles. The normalized spacial score (nSPS) is 10.8. The van der Waals surface area contributed by atoms with Crippen LogP contribution in [0.15, 0.2) is 6.07 Å². The van der Waals surface area contributed by atoms with Gasteiger partial charge in [0.05, 0.1) is 11.3 Å². The number of aromatic nitrogens is 1. The second-order valence-electron chi connectivity index (χ2n) is 2.34. The maximum absolute atomic E-state index is 12.4. The Morgan fingerprint density at radius 3 is 2.62 bits per heavy atom. The topological polar surface area (TPSA) is 38.9 Å². The van der Waals surface area contributed by atoms with Gasteiger partial charge in [0.15, 0.2) is 0 Å². The van der Waals surface area contributed by atoms with Gasteiger partial charge in [0, 0.05) is 11.0 Å². The van der Waals surface area contributed by atoms with Gasteiger partial charge in [0.1, 0.15) is 3.70 Å². The molecule has 0 atom stereocenters. The highest BCUT2D eigenvalue weighted by atomic mass is 127. The molecule has 2 N–H and O–H groups in total. The summed E-state index contributed by atoms with van der Waals surface area (Å²) in [5, 5.41) is 0.511. The highest BCUT2D eigenvalue weighted by Gasteiger charge is 2.17. The van der Waals surface area contributed by atoms with Crippen LogP contribution in [-0.2, 0) is 5.33 Å². The van der Waals surface area contributed by atoms with Gasteiger partial charge < -0.3 is 5.73 Å². The highest BCUT2D eigenvalue weighted by Crippen LogP contribution is 2.29. The lowest BCUT2D eigenvalue weighted by molar-refractivity contribution is 0.150. The smallest absolute Gasteiger partial charge is 0.268 e. The standard InChI is InChI=1S/C7H6BrF2IN2/c8-2-3-1-4(12)5(6(9)10)7(11)13-3/h1,6H,2H2,(H2,12,13). The monoisotopic (exact) mass is 362 g/mol. The number of nitrogen functional groups attached to an aromatic ring is 1. The van der Waals surface area contributed by atoms with E-state index in [9.17, 15) is 8.78 Å². The van der Waals surface area contributed by atoms with Crippen LogP contribution in [0.1, 0.15) is 17.7 Å². The maximum atomic E-state index is 12.4. The summed E-state index contributed by atoms with van der Waals surface area (Å²) in [5.74, 6) is 0. The number of rotatable bonds is 2. The Kier molecular flexibility index (Phi) is 3.84. The van der Waals surface area contributed by atoms with Crippen molar-refractivity contribution in [2.45, 2.75) is 11.8 Å². The molecule has 0 aromatic carbocycles. The lowest BCUT2D eigenvalue weighted by atomic mass is 10.2. The molecular formula is C7H6BrF2IN2. The van der Waals surface area contributed by atoms with Crippen molar-refractivity contribution in [3.63, 3.8) is 0 Å². The van der Waals surface area contributed by atoms with Crippen LogP contribution in [0.25, 0.3) is 0 Å². The van der Waals surface area contributed by atoms with Crippen molar-refractivity contribution in [2.24, 2.45) is 0 Å². The van der Waals surface area contributed by atoms with Crippen molar-refractivity contribution in [3.05, 3.63) is 21.0 Å².